The van der Waals surface area contributed by atoms with Crippen molar-refractivity contribution in [2.75, 3.05) is 76.9 Å². The van der Waals surface area contributed by atoms with Crippen LogP contribution in [0.4, 0.5) is 11.8 Å². The molecule has 2 aromatic carbocycles. The maximum Gasteiger partial charge on any atom is 0.256 e. The molecular formula is C42H46BrN9O4. The van der Waals surface area contributed by atoms with Crippen molar-refractivity contribution in [1.82, 2.24) is 34.7 Å². The van der Waals surface area contributed by atoms with Crippen molar-refractivity contribution < 1.29 is 19.0 Å². The van der Waals surface area contributed by atoms with Gasteiger partial charge in [-0.05, 0) is 76.8 Å². The number of rotatable bonds is 11. The number of nitrogens with zero attached hydrogens (tertiary/aromatic N) is 8. The molecule has 0 spiro atoms. The first kappa shape index (κ1) is 37.7. The van der Waals surface area contributed by atoms with Crippen molar-refractivity contribution in [2.45, 2.75) is 37.8 Å². The smallest absolute Gasteiger partial charge is 0.256 e. The summed E-state index contributed by atoms with van der Waals surface area (Å²) in [7, 11) is 3.34. The second kappa shape index (κ2) is 16.5. The third-order valence-electron chi connectivity index (χ3n) is 11.2. The number of hydrogen-bond acceptors (Lipinski definition) is 12. The Labute approximate surface area is 335 Å². The normalized spacial score (nSPS) is 19.7. The van der Waals surface area contributed by atoms with Crippen molar-refractivity contribution >= 4 is 33.6 Å². The maximum atomic E-state index is 15.0. The van der Waals surface area contributed by atoms with Gasteiger partial charge in [0.05, 0.1) is 38.7 Å². The summed E-state index contributed by atoms with van der Waals surface area (Å²) in [5, 5.41) is 3.45. The highest BCUT2D eigenvalue weighted by Gasteiger charge is 2.54. The molecule has 2 fully saturated rings. The topological polar surface area (TPSA) is 131 Å². The zero-order chi connectivity index (χ0) is 38.6. The molecule has 3 aliphatic heterocycles. The molecule has 14 heteroatoms. The van der Waals surface area contributed by atoms with Gasteiger partial charge in [-0.1, -0.05) is 31.2 Å². The zero-order valence-electron chi connectivity index (χ0n) is 31.9. The minimum Gasteiger partial charge on any atom is -0.497 e. The van der Waals surface area contributed by atoms with Gasteiger partial charge >= 0.3 is 0 Å². The highest BCUT2D eigenvalue weighted by Crippen LogP contribution is 2.43. The van der Waals surface area contributed by atoms with Crippen molar-refractivity contribution in [1.29, 1.82) is 0 Å². The van der Waals surface area contributed by atoms with Gasteiger partial charge in [0, 0.05) is 85.6 Å². The standard InChI is InChI=1S/C42H46BrN9O4/c1-4-50-15-16-52(39(53)30-22-32(43)27-44-24-30)42(23-29-7-11-34(55-3)12-8-29,36(50)21-28-5-9-33(54-2)10-6-28)40-46-25-31(26-47-40)37-35-13-14-45-38(35)49-41(48-37)51-17-19-56-20-18-51/h5-12,22,24-27,36H,4,13-21,23H2,1-3H3,(H,45,48,49). The van der Waals surface area contributed by atoms with Gasteiger partial charge in [-0.2, -0.15) is 4.98 Å². The van der Waals surface area contributed by atoms with E-state index in [0.717, 1.165) is 82.3 Å². The Balaban J connectivity index is 1.30. The van der Waals surface area contributed by atoms with Gasteiger partial charge in [-0.15, -0.1) is 0 Å². The number of methoxy groups -OCH3 is 2. The molecule has 1 N–H and O–H groups in total. The highest BCUT2D eigenvalue weighted by atomic mass is 79.9. The summed E-state index contributed by atoms with van der Waals surface area (Å²) in [4.78, 5) is 46.6. The number of pyridine rings is 1. The van der Waals surface area contributed by atoms with Crippen LogP contribution in [-0.4, -0.2) is 113 Å². The van der Waals surface area contributed by atoms with E-state index >= 15 is 4.79 Å². The second-order valence-corrected chi connectivity index (χ2v) is 15.2. The average Bonchev–Trinajstić information content (AvgIpc) is 3.73. The molecule has 5 aromatic rings. The van der Waals surface area contributed by atoms with Crippen LogP contribution in [0.5, 0.6) is 11.5 Å². The minimum atomic E-state index is -1.02. The summed E-state index contributed by atoms with van der Waals surface area (Å²) in [6, 6.07) is 17.9. The molecule has 0 radical (unpaired) electrons. The Bertz CT molecular complexity index is 2150. The maximum absolute atomic E-state index is 15.0. The molecule has 0 bridgehead atoms. The Morgan fingerprint density at radius 2 is 1.61 bits per heavy atom. The van der Waals surface area contributed by atoms with Crippen LogP contribution in [-0.2, 0) is 29.5 Å². The molecule has 2 unspecified atom stereocenters. The lowest BCUT2D eigenvalue weighted by molar-refractivity contribution is -0.0456. The van der Waals surface area contributed by atoms with Crippen molar-refractivity contribution in [3.8, 4) is 22.8 Å². The van der Waals surface area contributed by atoms with Gasteiger partial charge in [0.25, 0.3) is 5.91 Å². The Morgan fingerprint density at radius 1 is 0.911 bits per heavy atom. The summed E-state index contributed by atoms with van der Waals surface area (Å²) in [5.74, 6) is 3.49. The van der Waals surface area contributed by atoms with E-state index < -0.39 is 5.54 Å². The van der Waals surface area contributed by atoms with Crippen LogP contribution in [0.15, 0.2) is 83.9 Å². The number of benzene rings is 2. The van der Waals surface area contributed by atoms with Crippen LogP contribution in [0.3, 0.4) is 0 Å². The molecule has 6 heterocycles. The SMILES string of the molecule is CCN1CCN(C(=O)c2cncc(Br)c2)C(Cc2ccc(OC)cc2)(c2ncc(-c3nc(N4CCOCC4)nc4c3CCN4)cn2)C1Cc1ccc(OC)cc1. The quantitative estimate of drug-likeness (QED) is 0.182. The molecule has 2 atom stereocenters. The summed E-state index contributed by atoms with van der Waals surface area (Å²) >= 11 is 3.55. The predicted molar refractivity (Wildman–Crippen MR) is 217 cm³/mol. The number of fused-ring (bicyclic) bond motifs is 1. The summed E-state index contributed by atoms with van der Waals surface area (Å²) in [5.41, 5.74) is 4.28. The van der Waals surface area contributed by atoms with E-state index in [9.17, 15) is 0 Å². The number of morpholine rings is 1. The summed E-state index contributed by atoms with van der Waals surface area (Å²) < 4.78 is 17.4. The lowest BCUT2D eigenvalue weighted by atomic mass is 9.75. The number of nitrogens with one attached hydrogen (secondary N) is 1. The van der Waals surface area contributed by atoms with E-state index in [-0.39, 0.29) is 11.9 Å². The van der Waals surface area contributed by atoms with E-state index in [4.69, 9.17) is 34.1 Å². The van der Waals surface area contributed by atoms with Gasteiger partial charge in [0.15, 0.2) is 5.82 Å². The molecule has 56 heavy (non-hydrogen) atoms. The van der Waals surface area contributed by atoms with Crippen LogP contribution >= 0.6 is 15.9 Å². The number of amides is 1. The molecule has 1 amide bonds. The summed E-state index contributed by atoms with van der Waals surface area (Å²) in [6.07, 6.45) is 8.96. The lowest BCUT2D eigenvalue weighted by Gasteiger charge is -2.55. The van der Waals surface area contributed by atoms with E-state index in [0.29, 0.717) is 56.5 Å². The minimum absolute atomic E-state index is 0.134. The van der Waals surface area contributed by atoms with Gasteiger partial charge in [0.2, 0.25) is 5.95 Å². The van der Waals surface area contributed by atoms with Crippen LogP contribution < -0.4 is 19.7 Å². The molecule has 8 rings (SSSR count). The molecular weight excluding hydrogens is 774 g/mol. The monoisotopic (exact) mass is 819 g/mol. The number of aromatic nitrogens is 5. The van der Waals surface area contributed by atoms with Gasteiger partial charge in [0.1, 0.15) is 22.9 Å². The largest absolute Gasteiger partial charge is 0.497 e. The number of halogens is 1. The second-order valence-electron chi connectivity index (χ2n) is 14.3. The van der Waals surface area contributed by atoms with Gasteiger partial charge in [-0.3, -0.25) is 14.7 Å². The van der Waals surface area contributed by atoms with Crippen molar-refractivity contribution in [3.05, 3.63) is 112 Å². The Kier molecular flexibility index (Phi) is 11.1. The lowest BCUT2D eigenvalue weighted by Crippen LogP contribution is -2.69. The Hall–Kier alpha value is -5.18. The number of anilines is 2. The number of carbonyl (C=O) groups is 1. The van der Waals surface area contributed by atoms with E-state index in [1.165, 1.54) is 0 Å². The van der Waals surface area contributed by atoms with Crippen LogP contribution in [0.25, 0.3) is 11.3 Å². The first-order valence-corrected chi connectivity index (χ1v) is 19.9. The molecule has 3 aliphatic rings. The highest BCUT2D eigenvalue weighted by molar-refractivity contribution is 9.10. The van der Waals surface area contributed by atoms with E-state index in [2.05, 4.69) is 67.2 Å². The number of ether oxygens (including phenoxy) is 3. The molecule has 0 aliphatic carbocycles. The van der Waals surface area contributed by atoms with E-state index in [1.807, 2.05) is 47.6 Å². The van der Waals surface area contributed by atoms with Crippen molar-refractivity contribution in [3.63, 3.8) is 0 Å². The third-order valence-corrected chi connectivity index (χ3v) is 11.6. The fourth-order valence-electron chi connectivity index (χ4n) is 8.29. The first-order chi connectivity index (χ1) is 27.4. The number of hydrogen-bond donors (Lipinski definition) is 1. The van der Waals surface area contributed by atoms with Crippen molar-refractivity contribution in [2.24, 2.45) is 0 Å². The molecule has 3 aromatic heterocycles. The van der Waals surface area contributed by atoms with Crippen LogP contribution in [0.2, 0.25) is 0 Å². The molecule has 290 valence electrons. The van der Waals surface area contributed by atoms with Gasteiger partial charge < -0.3 is 29.3 Å². The predicted octanol–water partition coefficient (Wildman–Crippen LogP) is 5.44. The van der Waals surface area contributed by atoms with E-state index in [1.54, 1.807) is 26.6 Å². The summed E-state index contributed by atoms with van der Waals surface area (Å²) in [6.45, 7) is 7.59. The zero-order valence-corrected chi connectivity index (χ0v) is 33.5. The molecule has 0 saturated carbocycles. The number of carbonyl (C=O) groups excluding carboxylic acids is 1. The fourth-order valence-corrected chi connectivity index (χ4v) is 8.65. The molecule has 13 nitrogen and oxygen atoms in total. The van der Waals surface area contributed by atoms with Crippen LogP contribution in [0.1, 0.15) is 39.8 Å². The molecule has 2 saturated heterocycles. The number of likely N-dealkylation sites (N-methyl/N-ethyl adjacent to an activating group) is 1. The fraction of sp³-hybridized carbons (Fsp3) is 0.381. The first-order valence-electron chi connectivity index (χ1n) is 19.1. The number of piperazine rings is 1. The van der Waals surface area contributed by atoms with Crippen LogP contribution in [0, 0.1) is 0 Å². The Morgan fingerprint density at radius 3 is 2.27 bits per heavy atom. The van der Waals surface area contributed by atoms with Gasteiger partial charge in [-0.25, -0.2) is 15.0 Å². The average molecular weight is 821 g/mol. The third kappa shape index (κ3) is 7.40.